The highest BCUT2D eigenvalue weighted by atomic mass is 32.2. The largest absolute Gasteiger partial charge is 0.380 e. The van der Waals surface area contributed by atoms with E-state index >= 15 is 0 Å². The van der Waals surface area contributed by atoms with Crippen LogP contribution < -0.4 is 4.72 Å². The Kier molecular flexibility index (Phi) is 1.74. The summed E-state index contributed by atoms with van der Waals surface area (Å²) in [6, 6.07) is 0. The molecule has 0 heterocycles. The van der Waals surface area contributed by atoms with Crippen molar-refractivity contribution in [2.24, 2.45) is 0 Å². The van der Waals surface area contributed by atoms with Gasteiger partial charge >= 0.3 is 0 Å². The Bertz CT molecular complexity index is 182. The average molecular weight is 151 g/mol. The summed E-state index contributed by atoms with van der Waals surface area (Å²) in [7, 11) is -3.14. The summed E-state index contributed by atoms with van der Waals surface area (Å²) >= 11 is 0. The van der Waals surface area contributed by atoms with Gasteiger partial charge in [-0.15, -0.1) is 0 Å². The normalized spacial score (nSPS) is 20.1. The monoisotopic (exact) mass is 151 g/mol. The summed E-state index contributed by atoms with van der Waals surface area (Å²) in [5.74, 6) is 0. The number of nitrogens with one attached hydrogen (secondary N) is 1. The van der Waals surface area contributed by atoms with E-state index in [0.717, 1.165) is 12.8 Å². The second-order valence-electron chi connectivity index (χ2n) is 2.05. The lowest BCUT2D eigenvalue weighted by atomic mass is 11.0. The molecule has 4 nitrogen and oxygen atoms in total. The van der Waals surface area contributed by atoms with Gasteiger partial charge in [-0.3, -0.25) is 0 Å². The van der Waals surface area contributed by atoms with Crippen LogP contribution in [0.4, 0.5) is 0 Å². The molecular weight excluding hydrogens is 142 g/mol. The first kappa shape index (κ1) is 6.98. The molecular formula is C4H9NO3S. The predicted octanol–water partition coefficient (Wildman–Crippen LogP) is -0.982. The van der Waals surface area contributed by atoms with Crippen LogP contribution in [0.2, 0.25) is 0 Å². The Hall–Kier alpha value is -0.130. The Labute approximate surface area is 53.9 Å². The number of hydrogen-bond acceptors (Lipinski definition) is 3. The van der Waals surface area contributed by atoms with Crippen molar-refractivity contribution < 1.29 is 13.5 Å². The van der Waals surface area contributed by atoms with Gasteiger partial charge in [0, 0.05) is 0 Å². The highest BCUT2D eigenvalue weighted by Gasteiger charge is 2.34. The smallest absolute Gasteiger partial charge is 0.216 e. The van der Waals surface area contributed by atoms with Crippen LogP contribution in [0.15, 0.2) is 0 Å². The van der Waals surface area contributed by atoms with Gasteiger partial charge in [-0.2, -0.15) is 4.72 Å². The molecule has 2 N–H and O–H groups in total. The number of hydrogen-bond donors (Lipinski definition) is 2. The molecule has 0 aromatic carbocycles. The maximum absolute atomic E-state index is 10.7. The van der Waals surface area contributed by atoms with Crippen LogP contribution >= 0.6 is 0 Å². The molecule has 0 unspecified atom stereocenters. The van der Waals surface area contributed by atoms with Crippen LogP contribution in [-0.2, 0) is 10.0 Å². The Morgan fingerprint density at radius 2 is 2.11 bits per heavy atom. The summed E-state index contributed by atoms with van der Waals surface area (Å²) in [6.07, 6.45) is 1.46. The van der Waals surface area contributed by atoms with Crippen LogP contribution in [0, 0.1) is 0 Å². The molecule has 1 fully saturated rings. The molecule has 0 radical (unpaired) electrons. The van der Waals surface area contributed by atoms with E-state index in [1.165, 1.54) is 0 Å². The van der Waals surface area contributed by atoms with E-state index in [1.807, 2.05) is 4.72 Å². The zero-order chi connectivity index (χ0) is 6.91. The highest BCUT2D eigenvalue weighted by Crippen LogP contribution is 2.26. The maximum Gasteiger partial charge on any atom is 0.216 e. The van der Waals surface area contributed by atoms with Gasteiger partial charge in [-0.05, 0) is 12.8 Å². The van der Waals surface area contributed by atoms with Crippen LogP contribution in [0.3, 0.4) is 0 Å². The van der Waals surface area contributed by atoms with Crippen molar-refractivity contribution in [3.8, 4) is 0 Å². The lowest BCUT2D eigenvalue weighted by molar-refractivity contribution is 0.288. The molecule has 0 bridgehead atoms. The first-order chi connectivity index (χ1) is 4.17. The Balaban J connectivity index is 2.51. The maximum atomic E-state index is 10.7. The van der Waals surface area contributed by atoms with Crippen LogP contribution in [0.1, 0.15) is 12.8 Å². The first-order valence-electron chi connectivity index (χ1n) is 2.76. The quantitative estimate of drug-likeness (QED) is 0.509. The molecule has 9 heavy (non-hydrogen) atoms. The van der Waals surface area contributed by atoms with Crippen molar-refractivity contribution in [1.29, 1.82) is 0 Å². The zero-order valence-corrected chi connectivity index (χ0v) is 5.69. The van der Waals surface area contributed by atoms with Gasteiger partial charge in [0.1, 0.15) is 6.73 Å². The molecule has 1 rings (SSSR count). The van der Waals surface area contributed by atoms with E-state index in [2.05, 4.69) is 0 Å². The molecule has 0 atom stereocenters. The van der Waals surface area contributed by atoms with E-state index in [4.69, 9.17) is 5.11 Å². The van der Waals surface area contributed by atoms with Crippen LogP contribution in [-0.4, -0.2) is 25.5 Å². The topological polar surface area (TPSA) is 66.4 Å². The minimum absolute atomic E-state index is 0.232. The van der Waals surface area contributed by atoms with E-state index in [1.54, 1.807) is 0 Å². The summed E-state index contributed by atoms with van der Waals surface area (Å²) in [4.78, 5) is 0. The highest BCUT2D eigenvalue weighted by molar-refractivity contribution is 7.90. The SMILES string of the molecule is O=S(=O)(NCO)C1CC1. The second kappa shape index (κ2) is 2.24. The number of aliphatic hydroxyl groups excluding tert-OH is 1. The van der Waals surface area contributed by atoms with Gasteiger partial charge in [-0.1, -0.05) is 0 Å². The van der Waals surface area contributed by atoms with E-state index in [0.29, 0.717) is 0 Å². The zero-order valence-electron chi connectivity index (χ0n) is 4.87. The molecule has 0 aliphatic heterocycles. The molecule has 5 heteroatoms. The molecule has 54 valence electrons. The van der Waals surface area contributed by atoms with E-state index < -0.39 is 16.8 Å². The molecule has 1 saturated carbocycles. The fraction of sp³-hybridized carbons (Fsp3) is 1.00. The molecule has 1 aliphatic rings. The molecule has 0 aromatic heterocycles. The Morgan fingerprint density at radius 3 is 2.44 bits per heavy atom. The summed E-state index contributed by atoms with van der Waals surface area (Å²) in [6.45, 7) is -0.487. The van der Waals surface area contributed by atoms with Crippen molar-refractivity contribution in [3.05, 3.63) is 0 Å². The first-order valence-corrected chi connectivity index (χ1v) is 4.31. The van der Waals surface area contributed by atoms with E-state index in [-0.39, 0.29) is 5.25 Å². The second-order valence-corrected chi connectivity index (χ2v) is 4.09. The lowest BCUT2D eigenvalue weighted by Gasteiger charge is -1.98. The lowest BCUT2D eigenvalue weighted by Crippen LogP contribution is -2.27. The van der Waals surface area contributed by atoms with E-state index in [9.17, 15) is 8.42 Å². The molecule has 0 aromatic rings. The van der Waals surface area contributed by atoms with Crippen molar-refractivity contribution in [2.75, 3.05) is 6.73 Å². The third-order valence-corrected chi connectivity index (χ3v) is 3.11. The van der Waals surface area contributed by atoms with Crippen molar-refractivity contribution in [3.63, 3.8) is 0 Å². The van der Waals surface area contributed by atoms with Gasteiger partial charge in [-0.25, -0.2) is 8.42 Å². The number of rotatable bonds is 3. The summed E-state index contributed by atoms with van der Waals surface area (Å²) < 4.78 is 23.5. The van der Waals surface area contributed by atoms with Gasteiger partial charge in [0.25, 0.3) is 0 Å². The fourth-order valence-electron chi connectivity index (χ4n) is 0.586. The fourth-order valence-corrected chi connectivity index (χ4v) is 1.76. The molecule has 0 amide bonds. The number of sulfonamides is 1. The third-order valence-electron chi connectivity index (χ3n) is 1.23. The predicted molar refractivity (Wildman–Crippen MR) is 32.2 cm³/mol. The van der Waals surface area contributed by atoms with Crippen LogP contribution in [0.5, 0.6) is 0 Å². The van der Waals surface area contributed by atoms with Crippen molar-refractivity contribution in [2.45, 2.75) is 18.1 Å². The summed E-state index contributed by atoms with van der Waals surface area (Å²) in [5, 5.41) is 7.96. The minimum Gasteiger partial charge on any atom is -0.380 e. The third kappa shape index (κ3) is 1.64. The van der Waals surface area contributed by atoms with Gasteiger partial charge < -0.3 is 5.11 Å². The minimum atomic E-state index is -3.14. The summed E-state index contributed by atoms with van der Waals surface area (Å²) in [5.41, 5.74) is 0. The molecule has 0 saturated heterocycles. The average Bonchev–Trinajstić information content (AvgIpc) is 2.41. The van der Waals surface area contributed by atoms with Gasteiger partial charge in [0.2, 0.25) is 10.0 Å². The van der Waals surface area contributed by atoms with Gasteiger partial charge in [0.15, 0.2) is 0 Å². The Morgan fingerprint density at radius 1 is 1.56 bits per heavy atom. The molecule has 0 spiro atoms. The van der Waals surface area contributed by atoms with Crippen molar-refractivity contribution >= 4 is 10.0 Å². The number of aliphatic hydroxyl groups is 1. The standard InChI is InChI=1S/C4H9NO3S/c6-3-5-9(7,8)4-1-2-4/h4-6H,1-3H2. The van der Waals surface area contributed by atoms with Gasteiger partial charge in [0.05, 0.1) is 5.25 Å². The molecule has 1 aliphatic carbocycles. The van der Waals surface area contributed by atoms with Crippen molar-refractivity contribution in [1.82, 2.24) is 4.72 Å². The van der Waals surface area contributed by atoms with Crippen LogP contribution in [0.25, 0.3) is 0 Å².